The quantitative estimate of drug-likeness (QED) is 0.813. The zero-order valence-electron chi connectivity index (χ0n) is 11.2. The smallest absolute Gasteiger partial charge is 0.376 e. The third kappa shape index (κ3) is 2.41. The first-order valence-corrected chi connectivity index (χ1v) is 6.54. The highest BCUT2D eigenvalue weighted by atomic mass is 16.2. The van der Waals surface area contributed by atoms with Crippen molar-refractivity contribution in [1.29, 1.82) is 0 Å². The molecule has 0 aliphatic carbocycles. The van der Waals surface area contributed by atoms with Gasteiger partial charge in [-0.05, 0) is 37.0 Å². The molecule has 1 aromatic carbocycles. The monoisotopic (exact) mass is 256 g/mol. The largest absolute Gasteiger partial charge is 0.437 e. The second kappa shape index (κ2) is 4.79. The number of hydrogen-bond acceptors (Lipinski definition) is 4. The van der Waals surface area contributed by atoms with Crippen LogP contribution in [0.25, 0.3) is 11.3 Å². The Labute approximate surface area is 113 Å². The number of aryl methyl sites for hydroxylation is 1. The predicted molar refractivity (Wildman–Crippen MR) is 74.4 cm³/mol. The summed E-state index contributed by atoms with van der Waals surface area (Å²) in [7, 11) is 1.47. The van der Waals surface area contributed by atoms with E-state index in [4.69, 9.17) is 0 Å². The first-order valence-electron chi connectivity index (χ1n) is 6.54. The molecular formula is C13H17BN4O. The minimum Gasteiger partial charge on any atom is -0.437 e. The fourth-order valence-corrected chi connectivity index (χ4v) is 2.54. The van der Waals surface area contributed by atoms with Crippen molar-refractivity contribution in [2.24, 2.45) is 7.05 Å². The number of hydrogen-bond donors (Lipinski definition) is 1. The van der Waals surface area contributed by atoms with Gasteiger partial charge in [-0.25, -0.2) is 0 Å². The lowest BCUT2D eigenvalue weighted by molar-refractivity contribution is 0.347. The summed E-state index contributed by atoms with van der Waals surface area (Å²) < 4.78 is 1.71. The van der Waals surface area contributed by atoms with Gasteiger partial charge in [0.05, 0.1) is 6.20 Å². The van der Waals surface area contributed by atoms with Crippen LogP contribution in [0.15, 0.2) is 24.4 Å². The molecule has 1 aromatic heterocycles. The molecule has 0 atom stereocenters. The van der Waals surface area contributed by atoms with Crippen LogP contribution in [0.4, 0.5) is 0 Å². The van der Waals surface area contributed by atoms with E-state index in [9.17, 15) is 5.02 Å². The van der Waals surface area contributed by atoms with Gasteiger partial charge in [-0.3, -0.25) is 4.68 Å². The summed E-state index contributed by atoms with van der Waals surface area (Å²) in [6.45, 7) is 3.52. The lowest BCUT2D eigenvalue weighted by Crippen LogP contribution is -2.40. The maximum Gasteiger partial charge on any atom is 0.376 e. The number of benzene rings is 1. The minimum atomic E-state index is -0.395. The van der Waals surface area contributed by atoms with Crippen LogP contribution < -0.4 is 0 Å². The van der Waals surface area contributed by atoms with Gasteiger partial charge in [-0.1, -0.05) is 17.3 Å². The maximum atomic E-state index is 9.69. The van der Waals surface area contributed by atoms with Crippen molar-refractivity contribution in [2.45, 2.75) is 19.8 Å². The number of aromatic nitrogens is 3. The Morgan fingerprint density at radius 2 is 2.16 bits per heavy atom. The van der Waals surface area contributed by atoms with Gasteiger partial charge >= 0.3 is 7.05 Å². The van der Waals surface area contributed by atoms with Crippen molar-refractivity contribution < 1.29 is 5.02 Å². The maximum absolute atomic E-state index is 9.69. The number of rotatable bonds is 2. The van der Waals surface area contributed by atoms with Gasteiger partial charge in [0, 0.05) is 19.2 Å². The van der Waals surface area contributed by atoms with Crippen LogP contribution in [0, 0.1) is 0 Å². The molecule has 0 unspecified atom stereocenters. The van der Waals surface area contributed by atoms with Crippen molar-refractivity contribution in [2.75, 3.05) is 6.54 Å². The highest BCUT2D eigenvalue weighted by Gasteiger charge is 2.22. The van der Waals surface area contributed by atoms with Crippen molar-refractivity contribution >= 4 is 7.05 Å². The Bertz CT molecular complexity index is 596. The van der Waals surface area contributed by atoms with E-state index in [0.717, 1.165) is 30.8 Å². The summed E-state index contributed by atoms with van der Waals surface area (Å²) in [6.07, 6.45) is 2.90. The lowest BCUT2D eigenvalue weighted by Gasteiger charge is -2.29. The Morgan fingerprint density at radius 3 is 2.84 bits per heavy atom. The Balaban J connectivity index is 1.93. The Hall–Kier alpha value is -1.66. The molecule has 0 saturated heterocycles. The molecule has 0 amide bonds. The van der Waals surface area contributed by atoms with Crippen molar-refractivity contribution in [1.82, 2.24) is 19.8 Å². The normalized spacial score (nSPS) is 15.3. The van der Waals surface area contributed by atoms with E-state index in [-0.39, 0.29) is 0 Å². The van der Waals surface area contributed by atoms with Gasteiger partial charge in [0.1, 0.15) is 5.69 Å². The first-order chi connectivity index (χ1) is 9.13. The van der Waals surface area contributed by atoms with E-state index in [1.807, 2.05) is 20.1 Å². The van der Waals surface area contributed by atoms with Crippen LogP contribution in [0.2, 0.25) is 6.82 Å². The van der Waals surface area contributed by atoms with Crippen LogP contribution in [0.5, 0.6) is 0 Å². The van der Waals surface area contributed by atoms with E-state index in [1.165, 1.54) is 11.1 Å². The van der Waals surface area contributed by atoms with Crippen molar-refractivity contribution in [3.05, 3.63) is 35.5 Å². The zero-order valence-corrected chi connectivity index (χ0v) is 11.2. The standard InChI is InChI=1S/C13H17BN4O/c1-14(19)18-6-5-10-3-4-11(7-12(10)8-18)13-9-17(2)16-15-13/h3-4,7,9,19H,5-6,8H2,1-2H3. The van der Waals surface area contributed by atoms with E-state index in [0.29, 0.717) is 0 Å². The second-order valence-corrected chi connectivity index (χ2v) is 5.11. The SMILES string of the molecule is CB(O)N1CCc2ccc(-c3cn(C)nn3)cc2C1. The minimum absolute atomic E-state index is 0.395. The third-order valence-electron chi connectivity index (χ3n) is 3.67. The Kier molecular flexibility index (Phi) is 3.12. The first kappa shape index (κ1) is 12.4. The summed E-state index contributed by atoms with van der Waals surface area (Å²) in [5.41, 5.74) is 4.61. The molecule has 19 heavy (non-hydrogen) atoms. The topological polar surface area (TPSA) is 54.2 Å². The van der Waals surface area contributed by atoms with Crippen LogP contribution >= 0.6 is 0 Å². The molecule has 3 rings (SSSR count). The molecule has 98 valence electrons. The van der Waals surface area contributed by atoms with Gasteiger partial charge in [0.2, 0.25) is 0 Å². The van der Waals surface area contributed by atoms with Crippen LogP contribution in [0.1, 0.15) is 11.1 Å². The lowest BCUT2D eigenvalue weighted by atomic mass is 9.81. The molecule has 2 aromatic rings. The average molecular weight is 256 g/mol. The molecular weight excluding hydrogens is 239 g/mol. The molecule has 0 radical (unpaired) electrons. The van der Waals surface area contributed by atoms with Gasteiger partial charge in [0.15, 0.2) is 0 Å². The van der Waals surface area contributed by atoms with Gasteiger partial charge in [0.25, 0.3) is 0 Å². The Morgan fingerprint density at radius 1 is 1.32 bits per heavy atom. The average Bonchev–Trinajstić information content (AvgIpc) is 2.84. The van der Waals surface area contributed by atoms with Gasteiger partial charge in [-0.15, -0.1) is 5.10 Å². The zero-order chi connectivity index (χ0) is 13.4. The summed E-state index contributed by atoms with van der Waals surface area (Å²) in [5.74, 6) is 0. The van der Waals surface area contributed by atoms with Gasteiger partial charge in [-0.2, -0.15) is 0 Å². The summed E-state index contributed by atoms with van der Waals surface area (Å²) in [4.78, 5) is 2.07. The molecule has 5 nitrogen and oxygen atoms in total. The van der Waals surface area contributed by atoms with E-state index in [2.05, 4.69) is 33.3 Å². The molecule has 0 fully saturated rings. The number of fused-ring (bicyclic) bond motifs is 1. The fraction of sp³-hybridized carbons (Fsp3) is 0.385. The molecule has 6 heteroatoms. The van der Waals surface area contributed by atoms with E-state index >= 15 is 0 Å². The highest BCUT2D eigenvalue weighted by Crippen LogP contribution is 2.25. The predicted octanol–water partition coefficient (Wildman–Crippen LogP) is 0.950. The molecule has 2 heterocycles. The van der Waals surface area contributed by atoms with Crippen LogP contribution in [-0.2, 0) is 20.0 Å². The van der Waals surface area contributed by atoms with Crippen molar-refractivity contribution in [3.63, 3.8) is 0 Å². The highest BCUT2D eigenvalue weighted by molar-refractivity contribution is 6.45. The summed E-state index contributed by atoms with van der Waals surface area (Å²) in [5, 5.41) is 17.8. The molecule has 0 spiro atoms. The molecule has 1 N–H and O–H groups in total. The van der Waals surface area contributed by atoms with E-state index < -0.39 is 7.05 Å². The molecule has 1 aliphatic heterocycles. The van der Waals surface area contributed by atoms with Crippen LogP contribution in [0.3, 0.4) is 0 Å². The molecule has 1 aliphatic rings. The fourth-order valence-electron chi connectivity index (χ4n) is 2.54. The van der Waals surface area contributed by atoms with Gasteiger partial charge < -0.3 is 9.83 Å². The summed E-state index contributed by atoms with van der Waals surface area (Å²) in [6, 6.07) is 6.42. The molecule has 0 saturated carbocycles. The van der Waals surface area contributed by atoms with E-state index in [1.54, 1.807) is 4.68 Å². The summed E-state index contributed by atoms with van der Waals surface area (Å²) >= 11 is 0. The van der Waals surface area contributed by atoms with Crippen LogP contribution in [-0.4, -0.2) is 38.4 Å². The van der Waals surface area contributed by atoms with Crippen molar-refractivity contribution in [3.8, 4) is 11.3 Å². The second-order valence-electron chi connectivity index (χ2n) is 5.11. The molecule has 0 bridgehead atoms. The third-order valence-corrected chi connectivity index (χ3v) is 3.67. The number of nitrogens with zero attached hydrogens (tertiary/aromatic N) is 4.